The van der Waals surface area contributed by atoms with Crippen LogP contribution in [0.1, 0.15) is 12.0 Å². The summed E-state index contributed by atoms with van der Waals surface area (Å²) in [6.45, 7) is 2.00. The molecule has 0 aliphatic carbocycles. The van der Waals surface area contributed by atoms with E-state index in [0.29, 0.717) is 0 Å². The fourth-order valence-corrected chi connectivity index (χ4v) is 1.92. The Morgan fingerprint density at radius 2 is 2.22 bits per heavy atom. The molecule has 0 saturated carbocycles. The van der Waals surface area contributed by atoms with Crippen molar-refractivity contribution in [1.82, 2.24) is 0 Å². The molecule has 1 aromatic rings. The zero-order valence-corrected chi connectivity index (χ0v) is 10.5. The lowest BCUT2D eigenvalue weighted by Crippen LogP contribution is -2.40. The van der Waals surface area contributed by atoms with Crippen LogP contribution < -0.4 is 4.57 Å². The molecule has 1 N–H and O–H groups in total. The Morgan fingerprint density at radius 1 is 1.44 bits per heavy atom. The molecule has 0 bridgehead atoms. The van der Waals surface area contributed by atoms with Gasteiger partial charge in [-0.05, 0) is 0 Å². The first kappa shape index (κ1) is 12.4. The number of pyridine rings is 1. The van der Waals surface area contributed by atoms with Crippen LogP contribution in [0.4, 0.5) is 0 Å². The molecule has 0 fully saturated rings. The molecule has 5 heteroatoms. The van der Waals surface area contributed by atoms with Gasteiger partial charge >= 0.3 is 0 Å². The van der Waals surface area contributed by atoms with Crippen molar-refractivity contribution in [2.45, 2.75) is 13.0 Å². The predicted octanol–water partition coefficient (Wildman–Crippen LogP) is 1.13. The number of rotatable bonds is 5. The molecule has 18 heavy (non-hydrogen) atoms. The van der Waals surface area contributed by atoms with Crippen molar-refractivity contribution < 1.29 is 14.3 Å². The van der Waals surface area contributed by atoms with Crippen LogP contribution in [0.2, 0.25) is 0 Å². The topological polar surface area (TPSA) is 48.8 Å². The van der Waals surface area contributed by atoms with E-state index >= 15 is 0 Å². The molecular weight excluding hydrogens is 228 g/mol. The van der Waals surface area contributed by atoms with Crippen LogP contribution in [0.5, 0.6) is 0 Å². The average Bonchev–Trinajstić information content (AvgIpc) is 2.79. The fourth-order valence-electron chi connectivity index (χ4n) is 1.92. The van der Waals surface area contributed by atoms with E-state index in [2.05, 4.69) is 28.0 Å². The predicted molar refractivity (Wildman–Crippen MR) is 69.3 cm³/mol. The molecule has 5 nitrogen and oxygen atoms in total. The summed E-state index contributed by atoms with van der Waals surface area (Å²) in [4.78, 5) is 4.12. The summed E-state index contributed by atoms with van der Waals surface area (Å²) in [6, 6.07) is 3.85. The van der Waals surface area contributed by atoms with Crippen molar-refractivity contribution in [3.63, 3.8) is 0 Å². The highest BCUT2D eigenvalue weighted by molar-refractivity contribution is 5.78. The van der Waals surface area contributed by atoms with E-state index in [1.165, 1.54) is 6.21 Å². The lowest BCUT2D eigenvalue weighted by atomic mass is 10.3. The van der Waals surface area contributed by atoms with Crippen LogP contribution in [0.15, 0.2) is 47.1 Å². The van der Waals surface area contributed by atoms with Crippen LogP contribution in [0, 0.1) is 0 Å². The van der Waals surface area contributed by atoms with Gasteiger partial charge in [0, 0.05) is 17.7 Å². The lowest BCUT2D eigenvalue weighted by molar-refractivity contribution is -0.766. The zero-order chi connectivity index (χ0) is 12.8. The summed E-state index contributed by atoms with van der Waals surface area (Å²) in [7, 11) is 2.14. The molecule has 1 aliphatic heterocycles. The van der Waals surface area contributed by atoms with Gasteiger partial charge in [0.25, 0.3) is 0 Å². The maximum absolute atomic E-state index is 8.42. The minimum absolute atomic E-state index is 0.774. The summed E-state index contributed by atoms with van der Waals surface area (Å²) in [6.07, 6.45) is 12.4. The van der Waals surface area contributed by atoms with Gasteiger partial charge in [0.1, 0.15) is 6.20 Å². The Bertz CT molecular complexity index is 464. The van der Waals surface area contributed by atoms with Crippen LogP contribution in [-0.4, -0.2) is 35.8 Å². The molecule has 2 heterocycles. The van der Waals surface area contributed by atoms with Gasteiger partial charge < -0.3 is 5.21 Å². The summed E-state index contributed by atoms with van der Waals surface area (Å²) in [5, 5.41) is 11.4. The first-order chi connectivity index (χ1) is 8.72. The summed E-state index contributed by atoms with van der Waals surface area (Å²) < 4.78 is 2.90. The van der Waals surface area contributed by atoms with Crippen molar-refractivity contribution in [2.24, 2.45) is 10.1 Å². The number of oxime groups is 1. The molecule has 94 valence electrons. The Hall–Kier alpha value is -2.01. The second-order valence-corrected chi connectivity index (χ2v) is 4.60. The van der Waals surface area contributed by atoms with Gasteiger partial charge in [0.15, 0.2) is 25.3 Å². The maximum Gasteiger partial charge on any atom is 0.194 e. The largest absolute Gasteiger partial charge is 0.411 e. The molecule has 0 saturated heterocycles. The molecule has 0 aromatic carbocycles. The second kappa shape index (κ2) is 5.55. The quantitative estimate of drug-likeness (QED) is 0.273. The minimum atomic E-state index is 0.774. The van der Waals surface area contributed by atoms with E-state index in [1.807, 2.05) is 37.1 Å². The molecule has 1 atom stereocenters. The van der Waals surface area contributed by atoms with Crippen molar-refractivity contribution in [3.8, 4) is 0 Å². The Morgan fingerprint density at radius 3 is 2.83 bits per heavy atom. The van der Waals surface area contributed by atoms with Gasteiger partial charge in [-0.25, -0.2) is 9.56 Å². The van der Waals surface area contributed by atoms with E-state index in [4.69, 9.17) is 5.21 Å². The highest BCUT2D eigenvalue weighted by Crippen LogP contribution is 2.07. The smallest absolute Gasteiger partial charge is 0.194 e. The van der Waals surface area contributed by atoms with Gasteiger partial charge in [0.05, 0.1) is 32.4 Å². The lowest BCUT2D eigenvalue weighted by Gasteiger charge is -2.20. The maximum atomic E-state index is 8.42. The van der Waals surface area contributed by atoms with Crippen molar-refractivity contribution in [3.05, 3.63) is 42.5 Å². The van der Waals surface area contributed by atoms with Crippen LogP contribution in [0.25, 0.3) is 0 Å². The van der Waals surface area contributed by atoms with Gasteiger partial charge in [-0.15, -0.1) is 0 Å². The van der Waals surface area contributed by atoms with Gasteiger partial charge in [-0.2, -0.15) is 0 Å². The third-order valence-electron chi connectivity index (χ3n) is 3.00. The fraction of sp³-hybridized carbons (Fsp3) is 0.308. The number of quaternary nitrogens is 1. The van der Waals surface area contributed by atoms with Crippen LogP contribution in [-0.2, 0) is 6.54 Å². The summed E-state index contributed by atoms with van der Waals surface area (Å²) >= 11 is 0. The van der Waals surface area contributed by atoms with E-state index in [9.17, 15) is 0 Å². The second-order valence-electron chi connectivity index (χ2n) is 4.60. The Kier molecular flexibility index (Phi) is 3.84. The van der Waals surface area contributed by atoms with Crippen molar-refractivity contribution in [1.29, 1.82) is 0 Å². The highest BCUT2D eigenvalue weighted by atomic mass is 16.4. The monoisotopic (exact) mass is 246 g/mol. The van der Waals surface area contributed by atoms with Crippen molar-refractivity contribution >= 4 is 12.6 Å². The molecule has 0 amide bonds. The van der Waals surface area contributed by atoms with Crippen LogP contribution in [0.3, 0.4) is 0 Å². The summed E-state index contributed by atoms with van der Waals surface area (Å²) in [5.74, 6) is 0. The zero-order valence-electron chi connectivity index (χ0n) is 10.5. The van der Waals surface area contributed by atoms with E-state index in [1.54, 1.807) is 0 Å². The molecule has 1 unspecified atom stereocenters. The van der Waals surface area contributed by atoms with Gasteiger partial charge in [-0.3, -0.25) is 4.48 Å². The van der Waals surface area contributed by atoms with E-state index in [-0.39, 0.29) is 0 Å². The van der Waals surface area contributed by atoms with Crippen molar-refractivity contribution in [2.75, 3.05) is 13.6 Å². The normalized spacial score (nSPS) is 22.1. The third-order valence-corrected chi connectivity index (χ3v) is 3.00. The molecular formula is C13H18N4O+2. The number of aliphatic imine (C=N–C) groups is 1. The minimum Gasteiger partial charge on any atom is -0.411 e. The molecule has 1 aromatic heterocycles. The third kappa shape index (κ3) is 3.24. The van der Waals surface area contributed by atoms with E-state index in [0.717, 1.165) is 29.6 Å². The Balaban J connectivity index is 1.83. The number of aromatic nitrogens is 1. The standard InChI is InChI=1S/C13H17N4O/c1-17(10-5-14-12-17)9-2-6-16-7-3-13(4-8-16)11-15-18/h3-5,7-8,10-12H,2,6,9H2,1H3/q+1/p+1. The van der Waals surface area contributed by atoms with Gasteiger partial charge in [-0.1, -0.05) is 5.16 Å². The molecule has 0 radical (unpaired) electrons. The number of nitrogens with zero attached hydrogens (tertiary/aromatic N) is 4. The SMILES string of the molecule is C[N+]1(CCC[n+]2ccc(/C=N\O)cc2)C=CN=C1. The number of aryl methyl sites for hydroxylation is 1. The highest BCUT2D eigenvalue weighted by Gasteiger charge is 2.19. The Labute approximate surface area is 107 Å². The average molecular weight is 246 g/mol. The number of hydrogen-bond donors (Lipinski definition) is 1. The number of hydrogen-bond acceptors (Lipinski definition) is 3. The summed E-state index contributed by atoms with van der Waals surface area (Å²) in [5.41, 5.74) is 0.891. The first-order valence-corrected chi connectivity index (χ1v) is 5.95. The molecule has 0 spiro atoms. The van der Waals surface area contributed by atoms with E-state index < -0.39 is 0 Å². The van der Waals surface area contributed by atoms with Crippen LogP contribution >= 0.6 is 0 Å². The molecule has 1 aliphatic rings. The molecule has 2 rings (SSSR count). The van der Waals surface area contributed by atoms with Gasteiger partial charge in [0.2, 0.25) is 0 Å². The first-order valence-electron chi connectivity index (χ1n) is 5.95.